The minimum absolute atomic E-state index is 0.0417. The average Bonchev–Trinajstić information content (AvgIpc) is 3.84. The molecule has 0 radical (unpaired) electrons. The van der Waals surface area contributed by atoms with Gasteiger partial charge >= 0.3 is 5.97 Å². The quantitative estimate of drug-likeness (QED) is 0.162. The summed E-state index contributed by atoms with van der Waals surface area (Å²) in [5.41, 5.74) is 9.21. The Kier molecular flexibility index (Phi) is 14.4. The number of nitrogens with zero attached hydrogens (tertiary/aromatic N) is 5. The van der Waals surface area contributed by atoms with Gasteiger partial charge in [-0.15, -0.1) is 11.3 Å². The third kappa shape index (κ3) is 10.5. The molecule has 17 heteroatoms. The van der Waals surface area contributed by atoms with E-state index >= 15 is 0 Å². The number of allylic oxidation sites excluding steroid dienone is 1. The van der Waals surface area contributed by atoms with Crippen LogP contribution in [0.4, 0.5) is 0 Å². The topological polar surface area (TPSA) is 182 Å². The van der Waals surface area contributed by atoms with E-state index in [-0.39, 0.29) is 42.8 Å². The summed E-state index contributed by atoms with van der Waals surface area (Å²) < 4.78 is 37.5. The Balaban J connectivity index is 1.25. The Hall–Kier alpha value is -4.97. The molecule has 350 valence electrons. The van der Waals surface area contributed by atoms with E-state index in [1.165, 1.54) is 26.7 Å². The number of methoxy groups -OCH3 is 1. The van der Waals surface area contributed by atoms with E-state index in [4.69, 9.17) is 19.4 Å². The van der Waals surface area contributed by atoms with Crippen molar-refractivity contribution in [2.45, 2.75) is 111 Å². The third-order valence-corrected chi connectivity index (χ3v) is 14.5. The van der Waals surface area contributed by atoms with Crippen LogP contribution in [0.2, 0.25) is 0 Å². The van der Waals surface area contributed by atoms with Crippen molar-refractivity contribution in [2.24, 2.45) is 23.2 Å². The van der Waals surface area contributed by atoms with Gasteiger partial charge in [-0.1, -0.05) is 39.8 Å². The van der Waals surface area contributed by atoms with Crippen molar-refractivity contribution in [2.75, 3.05) is 33.6 Å². The number of hydrogen-bond donors (Lipinski definition) is 2. The number of hydrazine groups is 1. The lowest BCUT2D eigenvalue weighted by Crippen LogP contribution is -2.62. The fraction of sp³-hybridized carbons (Fsp3) is 0.542. The Bertz CT molecular complexity index is 2580. The van der Waals surface area contributed by atoms with Crippen LogP contribution in [0.25, 0.3) is 33.4 Å². The number of carbonyl (C=O) groups is 4. The van der Waals surface area contributed by atoms with Crippen molar-refractivity contribution in [3.63, 3.8) is 0 Å². The van der Waals surface area contributed by atoms with Gasteiger partial charge in [0, 0.05) is 90.3 Å². The number of likely N-dealkylation sites (N-methyl/N-ethyl adjacent to an activating group) is 1. The lowest BCUT2D eigenvalue weighted by molar-refractivity contribution is -0.155. The van der Waals surface area contributed by atoms with Crippen molar-refractivity contribution >= 4 is 55.8 Å². The second-order valence-corrected chi connectivity index (χ2v) is 21.9. The minimum atomic E-state index is -3.28. The molecule has 4 atom stereocenters. The fourth-order valence-electron chi connectivity index (χ4n) is 9.45. The first-order valence-electron chi connectivity index (χ1n) is 22.6. The highest BCUT2D eigenvalue weighted by Gasteiger charge is 2.41. The van der Waals surface area contributed by atoms with Crippen LogP contribution in [0.1, 0.15) is 89.6 Å². The number of ether oxygens (including phenoxy) is 2. The molecule has 65 heavy (non-hydrogen) atoms. The molecule has 6 bridgehead atoms. The maximum Gasteiger partial charge on any atom is 0.324 e. The van der Waals surface area contributed by atoms with Crippen molar-refractivity contribution in [3.05, 3.63) is 69.7 Å². The molecule has 5 heterocycles. The van der Waals surface area contributed by atoms with E-state index in [9.17, 15) is 27.6 Å². The standard InChI is InChI=1S/C48H63N7O8S2/c1-10-54-39-16-15-31-23-34(39)35(43(54)33-13-11-18-49-41(33)29(4)62-8)25-48(5,6)27-63-47(59)36-14-12-19-55(52-36)46(58)37(24-40-50-38(31)26-64-40)51-44(56)42(28(2)3)53(7)45(57)32-21-30(22-32)17-20-65(9,60)61/h11,13,15-18,20,23,26,28-30,32,36-37,42,52H,10,12,14,19,21-22,24-25,27H2,1-9H3,(H,51,56)/b20-17+/t29-,30-,32-,36-,37-,42-/m0/s1. The molecule has 2 N–H and O–H groups in total. The highest BCUT2D eigenvalue weighted by atomic mass is 32.2. The lowest BCUT2D eigenvalue weighted by atomic mass is 9.74. The molecule has 4 aromatic rings. The predicted octanol–water partition coefficient (Wildman–Crippen LogP) is 6.27. The number of carbonyl (C=O) groups excluding carboxylic acids is 4. The van der Waals surface area contributed by atoms with Gasteiger partial charge in [0.05, 0.1) is 34.8 Å². The molecule has 2 fully saturated rings. The summed E-state index contributed by atoms with van der Waals surface area (Å²) in [7, 11) is -0.000124. The number of thiazole rings is 1. The molecule has 0 unspecified atom stereocenters. The largest absolute Gasteiger partial charge is 0.464 e. The number of benzene rings is 1. The summed E-state index contributed by atoms with van der Waals surface area (Å²) in [6, 6.07) is 7.60. The first kappa shape index (κ1) is 48.0. The molecular formula is C48H63N7O8S2. The molecule has 1 saturated heterocycles. The maximum atomic E-state index is 14.6. The zero-order chi connectivity index (χ0) is 47.0. The van der Waals surface area contributed by atoms with Gasteiger partial charge in [-0.2, -0.15) is 0 Å². The van der Waals surface area contributed by atoms with Crippen LogP contribution in [0.15, 0.2) is 53.4 Å². The van der Waals surface area contributed by atoms with E-state index in [0.717, 1.165) is 50.9 Å². The molecule has 0 spiro atoms. The summed E-state index contributed by atoms with van der Waals surface area (Å²) >= 11 is 1.40. The molecule has 1 aromatic carbocycles. The van der Waals surface area contributed by atoms with Gasteiger partial charge in [0.1, 0.15) is 18.1 Å². The number of fused-ring (bicyclic) bond motifs is 6. The summed E-state index contributed by atoms with van der Waals surface area (Å²) in [5, 5.41) is 9.23. The number of amides is 3. The zero-order valence-electron chi connectivity index (χ0n) is 38.9. The molecule has 7 rings (SSSR count). The Morgan fingerprint density at radius 3 is 2.62 bits per heavy atom. The van der Waals surface area contributed by atoms with Gasteiger partial charge in [-0.3, -0.25) is 29.2 Å². The molecular weight excluding hydrogens is 867 g/mol. The van der Waals surface area contributed by atoms with Crippen molar-refractivity contribution in [1.82, 2.24) is 35.2 Å². The van der Waals surface area contributed by atoms with Crippen LogP contribution in [0.3, 0.4) is 0 Å². The highest BCUT2D eigenvalue weighted by molar-refractivity contribution is 7.93. The molecule has 15 nitrogen and oxygen atoms in total. The number of hydrogen-bond acceptors (Lipinski definition) is 12. The molecule has 1 aliphatic carbocycles. The first-order chi connectivity index (χ1) is 30.8. The summed E-state index contributed by atoms with van der Waals surface area (Å²) in [5.74, 6) is -2.29. The lowest BCUT2D eigenvalue weighted by Gasteiger charge is -2.39. The molecule has 3 aromatic heterocycles. The van der Waals surface area contributed by atoms with Gasteiger partial charge in [-0.05, 0) is 87.6 Å². The van der Waals surface area contributed by atoms with E-state index in [1.807, 2.05) is 32.2 Å². The van der Waals surface area contributed by atoms with Crippen molar-refractivity contribution in [1.29, 1.82) is 0 Å². The number of pyridine rings is 1. The van der Waals surface area contributed by atoms with Gasteiger partial charge in [0.25, 0.3) is 5.91 Å². The van der Waals surface area contributed by atoms with Crippen molar-refractivity contribution in [3.8, 4) is 22.5 Å². The predicted molar refractivity (Wildman–Crippen MR) is 251 cm³/mol. The van der Waals surface area contributed by atoms with Crippen LogP contribution in [-0.4, -0.2) is 108 Å². The van der Waals surface area contributed by atoms with Gasteiger partial charge in [0.15, 0.2) is 9.84 Å². The molecule has 2 aliphatic heterocycles. The van der Waals surface area contributed by atoms with Gasteiger partial charge in [0.2, 0.25) is 11.8 Å². The van der Waals surface area contributed by atoms with Crippen molar-refractivity contribution < 1.29 is 37.1 Å². The second-order valence-electron chi connectivity index (χ2n) is 19.0. The van der Waals surface area contributed by atoms with E-state index in [1.54, 1.807) is 26.4 Å². The molecule has 1 saturated carbocycles. The number of nitrogens with one attached hydrogen (secondary N) is 2. The SMILES string of the molecule is CCn1c(-c2cccnc2[C@H](C)OC)c2c3cc(ccc31)-c1csc(n1)C[C@H](NC(=O)[C@H](C(C)C)N(C)C(=O)[C@H]1C[C@H](/C=C/S(C)(=O)=O)C1)C(=O)N1CCC[C@H](N1)C(=O)OCC(C)(C)C2. The molecule has 3 aliphatic rings. The number of cyclic esters (lactones) is 1. The van der Waals surface area contributed by atoms with Crippen LogP contribution >= 0.6 is 11.3 Å². The fourth-order valence-corrected chi connectivity index (χ4v) is 10.8. The number of sulfone groups is 1. The number of rotatable bonds is 11. The highest BCUT2D eigenvalue weighted by Crippen LogP contribution is 2.42. The average molecular weight is 930 g/mol. The Morgan fingerprint density at radius 2 is 1.92 bits per heavy atom. The minimum Gasteiger partial charge on any atom is -0.464 e. The zero-order valence-corrected chi connectivity index (χ0v) is 40.6. The monoisotopic (exact) mass is 929 g/mol. The summed E-state index contributed by atoms with van der Waals surface area (Å²) in [6.45, 7) is 13.1. The summed E-state index contributed by atoms with van der Waals surface area (Å²) in [4.78, 5) is 67.9. The maximum absolute atomic E-state index is 14.6. The smallest absolute Gasteiger partial charge is 0.324 e. The first-order valence-corrected chi connectivity index (χ1v) is 25.4. The van der Waals surface area contributed by atoms with E-state index < -0.39 is 51.2 Å². The van der Waals surface area contributed by atoms with Gasteiger partial charge in [-0.25, -0.2) is 18.8 Å². The number of esters is 1. The Labute approximate surface area is 386 Å². The van der Waals surface area contributed by atoms with E-state index in [0.29, 0.717) is 50.2 Å². The second kappa shape index (κ2) is 19.5. The number of aryl methyl sites for hydroxylation is 1. The summed E-state index contributed by atoms with van der Waals surface area (Å²) in [6.07, 6.45) is 6.88. The van der Waals surface area contributed by atoms with Gasteiger partial charge < -0.3 is 24.3 Å². The number of aromatic nitrogens is 3. The third-order valence-electron chi connectivity index (χ3n) is 12.9. The normalized spacial score (nSPS) is 22.6. The van der Waals surface area contributed by atoms with Crippen LogP contribution in [-0.2, 0) is 57.9 Å². The Morgan fingerprint density at radius 1 is 1.17 bits per heavy atom. The van der Waals surface area contributed by atoms with Crippen LogP contribution in [0.5, 0.6) is 0 Å². The van der Waals surface area contributed by atoms with Crippen LogP contribution in [0, 0.1) is 23.2 Å². The van der Waals surface area contributed by atoms with E-state index in [2.05, 4.69) is 60.3 Å². The van der Waals surface area contributed by atoms with Crippen LogP contribution < -0.4 is 10.7 Å². The molecule has 3 amide bonds.